The summed E-state index contributed by atoms with van der Waals surface area (Å²) >= 11 is 0. The topological polar surface area (TPSA) is 66.4 Å². The van der Waals surface area contributed by atoms with E-state index in [0.717, 1.165) is 5.56 Å². The van der Waals surface area contributed by atoms with Gasteiger partial charge in [-0.05, 0) is 25.3 Å². The van der Waals surface area contributed by atoms with Gasteiger partial charge in [0, 0.05) is 6.08 Å². The number of allylic oxidation sites excluding steroid dienone is 3. The molecule has 1 amide bonds. The Kier molecular flexibility index (Phi) is 6.82. The molecule has 4 heteroatoms. The van der Waals surface area contributed by atoms with Crippen LogP contribution in [0.15, 0.2) is 54.6 Å². The number of nitrogens with one attached hydrogen (secondary N) is 1. The number of carboxylic acids is 1. The number of hydrogen-bond acceptors (Lipinski definition) is 2. The van der Waals surface area contributed by atoms with Crippen LogP contribution >= 0.6 is 0 Å². The SMILES string of the molecule is CC=CC=CC(=O)NC(CCc1ccccc1)C(=O)O. The van der Waals surface area contributed by atoms with Crippen molar-refractivity contribution in [3.8, 4) is 0 Å². The summed E-state index contributed by atoms with van der Waals surface area (Å²) in [4.78, 5) is 22.7. The Hall–Kier alpha value is -2.36. The fourth-order valence-corrected chi connectivity index (χ4v) is 1.69. The Morgan fingerprint density at radius 2 is 1.95 bits per heavy atom. The molecule has 0 radical (unpaired) electrons. The molecule has 0 aliphatic heterocycles. The third-order valence-electron chi connectivity index (χ3n) is 2.73. The molecule has 0 fully saturated rings. The molecule has 2 N–H and O–H groups in total. The second-order valence-corrected chi connectivity index (χ2v) is 4.31. The highest BCUT2D eigenvalue weighted by Gasteiger charge is 2.18. The fourth-order valence-electron chi connectivity index (χ4n) is 1.69. The minimum Gasteiger partial charge on any atom is -0.480 e. The number of hydrogen-bond donors (Lipinski definition) is 2. The first-order chi connectivity index (χ1) is 9.63. The smallest absolute Gasteiger partial charge is 0.326 e. The van der Waals surface area contributed by atoms with Gasteiger partial charge in [-0.2, -0.15) is 0 Å². The van der Waals surface area contributed by atoms with Gasteiger partial charge in [0.25, 0.3) is 0 Å². The molecule has 1 unspecified atom stereocenters. The minimum absolute atomic E-state index is 0.364. The van der Waals surface area contributed by atoms with Crippen LogP contribution < -0.4 is 5.32 Å². The van der Waals surface area contributed by atoms with Crippen LogP contribution in [0.3, 0.4) is 0 Å². The summed E-state index contributed by atoms with van der Waals surface area (Å²) in [5.41, 5.74) is 1.05. The molecule has 20 heavy (non-hydrogen) atoms. The summed E-state index contributed by atoms with van der Waals surface area (Å²) in [5, 5.41) is 11.6. The Morgan fingerprint density at radius 1 is 1.25 bits per heavy atom. The molecule has 0 aliphatic carbocycles. The fraction of sp³-hybridized carbons (Fsp3) is 0.250. The number of aryl methyl sites for hydroxylation is 1. The van der Waals surface area contributed by atoms with Crippen molar-refractivity contribution in [2.45, 2.75) is 25.8 Å². The third kappa shape index (κ3) is 6.00. The second-order valence-electron chi connectivity index (χ2n) is 4.31. The maximum atomic E-state index is 11.5. The van der Waals surface area contributed by atoms with E-state index in [1.54, 1.807) is 18.2 Å². The number of rotatable bonds is 7. The summed E-state index contributed by atoms with van der Waals surface area (Å²) in [6.07, 6.45) is 7.36. The van der Waals surface area contributed by atoms with Crippen molar-refractivity contribution in [2.24, 2.45) is 0 Å². The zero-order valence-electron chi connectivity index (χ0n) is 11.5. The number of carbonyl (C=O) groups is 2. The van der Waals surface area contributed by atoms with Gasteiger partial charge in [0.05, 0.1) is 0 Å². The van der Waals surface area contributed by atoms with Crippen molar-refractivity contribution in [2.75, 3.05) is 0 Å². The molecule has 0 aromatic heterocycles. The monoisotopic (exact) mass is 273 g/mol. The highest BCUT2D eigenvalue weighted by atomic mass is 16.4. The molecule has 0 bridgehead atoms. The zero-order chi connectivity index (χ0) is 14.8. The predicted octanol–water partition coefficient (Wildman–Crippen LogP) is 2.32. The van der Waals surface area contributed by atoms with Crippen LogP contribution in [0.2, 0.25) is 0 Å². The summed E-state index contributed by atoms with van der Waals surface area (Å²) in [6, 6.07) is 8.72. The number of carboxylic acid groups (broad SMARTS) is 1. The van der Waals surface area contributed by atoms with Gasteiger partial charge in [-0.25, -0.2) is 4.79 Å². The van der Waals surface area contributed by atoms with Crippen LogP contribution in [0, 0.1) is 0 Å². The number of benzene rings is 1. The lowest BCUT2D eigenvalue weighted by atomic mass is 10.1. The lowest BCUT2D eigenvalue weighted by Crippen LogP contribution is -2.40. The molecule has 0 saturated carbocycles. The molecular weight excluding hydrogens is 254 g/mol. The van der Waals surface area contributed by atoms with E-state index >= 15 is 0 Å². The van der Waals surface area contributed by atoms with Crippen molar-refractivity contribution < 1.29 is 14.7 Å². The van der Waals surface area contributed by atoms with Gasteiger partial charge >= 0.3 is 5.97 Å². The van der Waals surface area contributed by atoms with E-state index in [9.17, 15) is 9.59 Å². The van der Waals surface area contributed by atoms with Gasteiger partial charge < -0.3 is 10.4 Å². The number of aliphatic carboxylic acids is 1. The van der Waals surface area contributed by atoms with Gasteiger partial charge in [-0.15, -0.1) is 0 Å². The Labute approximate surface area is 118 Å². The standard InChI is InChI=1S/C16H19NO3/c1-2-3-5-10-15(18)17-14(16(19)20)12-11-13-8-6-4-7-9-13/h2-10,14H,11-12H2,1H3,(H,17,18)(H,19,20). The van der Waals surface area contributed by atoms with Crippen molar-refractivity contribution in [3.05, 3.63) is 60.2 Å². The minimum atomic E-state index is -1.02. The Morgan fingerprint density at radius 3 is 2.55 bits per heavy atom. The third-order valence-corrected chi connectivity index (χ3v) is 2.73. The first-order valence-electron chi connectivity index (χ1n) is 6.50. The summed E-state index contributed by atoms with van der Waals surface area (Å²) < 4.78 is 0. The molecule has 1 aromatic carbocycles. The van der Waals surface area contributed by atoms with Crippen LogP contribution in [-0.2, 0) is 16.0 Å². The molecule has 0 saturated heterocycles. The maximum absolute atomic E-state index is 11.5. The lowest BCUT2D eigenvalue weighted by molar-refractivity contribution is -0.141. The van der Waals surface area contributed by atoms with Crippen molar-refractivity contribution >= 4 is 11.9 Å². The maximum Gasteiger partial charge on any atom is 0.326 e. The second kappa shape index (κ2) is 8.69. The molecule has 0 spiro atoms. The Bertz CT molecular complexity index is 492. The van der Waals surface area contributed by atoms with Gasteiger partial charge in [0.15, 0.2) is 0 Å². The van der Waals surface area contributed by atoms with E-state index in [4.69, 9.17) is 5.11 Å². The first-order valence-corrected chi connectivity index (χ1v) is 6.50. The highest BCUT2D eigenvalue weighted by Crippen LogP contribution is 2.05. The molecule has 0 aliphatic rings. The largest absolute Gasteiger partial charge is 0.480 e. The lowest BCUT2D eigenvalue weighted by Gasteiger charge is -2.13. The van der Waals surface area contributed by atoms with E-state index in [-0.39, 0.29) is 0 Å². The van der Waals surface area contributed by atoms with Crippen LogP contribution in [0.4, 0.5) is 0 Å². The summed E-state index contributed by atoms with van der Waals surface area (Å²) in [6.45, 7) is 1.84. The summed E-state index contributed by atoms with van der Waals surface area (Å²) in [5.74, 6) is -1.42. The van der Waals surface area contributed by atoms with Crippen LogP contribution in [0.25, 0.3) is 0 Å². The normalized spacial score (nSPS) is 12.7. The average Bonchev–Trinajstić information content (AvgIpc) is 2.44. The molecule has 106 valence electrons. The quantitative estimate of drug-likeness (QED) is 0.592. The van der Waals surface area contributed by atoms with Gasteiger partial charge in [-0.3, -0.25) is 4.79 Å². The van der Waals surface area contributed by atoms with Crippen LogP contribution in [0.5, 0.6) is 0 Å². The van der Waals surface area contributed by atoms with E-state index in [2.05, 4.69) is 5.32 Å². The first kappa shape index (κ1) is 15.7. The summed E-state index contributed by atoms with van der Waals surface area (Å²) in [7, 11) is 0. The molecule has 1 atom stereocenters. The van der Waals surface area contributed by atoms with E-state index < -0.39 is 17.9 Å². The number of amides is 1. The van der Waals surface area contributed by atoms with Crippen molar-refractivity contribution in [1.29, 1.82) is 0 Å². The van der Waals surface area contributed by atoms with Crippen LogP contribution in [0.1, 0.15) is 18.9 Å². The average molecular weight is 273 g/mol. The van der Waals surface area contributed by atoms with Gasteiger partial charge in [0.1, 0.15) is 6.04 Å². The van der Waals surface area contributed by atoms with E-state index in [0.29, 0.717) is 12.8 Å². The molecule has 1 aromatic rings. The molecule has 1 rings (SSSR count). The molecule has 4 nitrogen and oxygen atoms in total. The predicted molar refractivity (Wildman–Crippen MR) is 78.3 cm³/mol. The number of carbonyl (C=O) groups excluding carboxylic acids is 1. The van der Waals surface area contributed by atoms with Crippen molar-refractivity contribution in [3.63, 3.8) is 0 Å². The van der Waals surface area contributed by atoms with E-state index in [1.165, 1.54) is 6.08 Å². The van der Waals surface area contributed by atoms with Gasteiger partial charge in [0.2, 0.25) is 5.91 Å². The van der Waals surface area contributed by atoms with Crippen molar-refractivity contribution in [1.82, 2.24) is 5.32 Å². The van der Waals surface area contributed by atoms with E-state index in [1.807, 2.05) is 37.3 Å². The Balaban J connectivity index is 2.52. The van der Waals surface area contributed by atoms with Gasteiger partial charge in [-0.1, -0.05) is 48.6 Å². The molecular formula is C16H19NO3. The van der Waals surface area contributed by atoms with Crippen LogP contribution in [-0.4, -0.2) is 23.0 Å². The molecule has 0 heterocycles. The zero-order valence-corrected chi connectivity index (χ0v) is 11.5. The highest BCUT2D eigenvalue weighted by molar-refractivity contribution is 5.91.